The summed E-state index contributed by atoms with van der Waals surface area (Å²) in [5.74, 6) is 0.503. The summed E-state index contributed by atoms with van der Waals surface area (Å²) < 4.78 is 5.62. The Balaban J connectivity index is 1.40. The zero-order valence-electron chi connectivity index (χ0n) is 14.6. The molecule has 0 aliphatic heterocycles. The van der Waals surface area contributed by atoms with Crippen LogP contribution >= 0.6 is 11.3 Å². The van der Waals surface area contributed by atoms with Gasteiger partial charge in [0, 0.05) is 24.8 Å². The lowest BCUT2D eigenvalue weighted by Gasteiger charge is -2.03. The molecule has 0 spiro atoms. The number of amides is 1. The number of carbonyl (C=O) groups is 2. The third-order valence-electron chi connectivity index (χ3n) is 3.72. The van der Waals surface area contributed by atoms with E-state index in [0.717, 1.165) is 10.8 Å². The molecule has 1 aromatic heterocycles. The van der Waals surface area contributed by atoms with Gasteiger partial charge in [-0.15, -0.1) is 10.2 Å². The van der Waals surface area contributed by atoms with Crippen LogP contribution in [-0.4, -0.2) is 28.5 Å². The second-order valence-electron chi connectivity index (χ2n) is 5.75. The maximum Gasteiger partial charge on any atom is 0.226 e. The lowest BCUT2D eigenvalue weighted by atomic mass is 10.1. The summed E-state index contributed by atoms with van der Waals surface area (Å²) in [5, 5.41) is 11.9. The van der Waals surface area contributed by atoms with Gasteiger partial charge in [-0.25, -0.2) is 0 Å². The van der Waals surface area contributed by atoms with Crippen LogP contribution in [0.4, 0.5) is 5.13 Å². The van der Waals surface area contributed by atoms with E-state index >= 15 is 0 Å². The number of nitrogens with one attached hydrogen (secondary N) is 1. The highest BCUT2D eigenvalue weighted by Crippen LogP contribution is 2.17. The average molecular weight is 381 g/mol. The molecule has 138 valence electrons. The number of anilines is 1. The molecule has 0 aliphatic carbocycles. The summed E-state index contributed by atoms with van der Waals surface area (Å²) in [5.41, 5.74) is 0.613. The molecule has 7 heteroatoms. The van der Waals surface area contributed by atoms with Crippen molar-refractivity contribution in [2.45, 2.75) is 19.3 Å². The predicted molar refractivity (Wildman–Crippen MR) is 104 cm³/mol. The van der Waals surface area contributed by atoms with Gasteiger partial charge in [-0.3, -0.25) is 9.59 Å². The van der Waals surface area contributed by atoms with Crippen LogP contribution in [0.2, 0.25) is 0 Å². The highest BCUT2D eigenvalue weighted by atomic mass is 32.1. The summed E-state index contributed by atoms with van der Waals surface area (Å²) >= 11 is 1.31. The number of aromatic nitrogens is 2. The van der Waals surface area contributed by atoms with Gasteiger partial charge in [0.2, 0.25) is 11.0 Å². The van der Waals surface area contributed by atoms with Gasteiger partial charge in [-0.2, -0.15) is 0 Å². The molecule has 0 aliphatic rings. The molecule has 1 heterocycles. The molecule has 1 amide bonds. The van der Waals surface area contributed by atoms with Gasteiger partial charge < -0.3 is 10.1 Å². The Morgan fingerprint density at radius 3 is 2.37 bits per heavy atom. The highest BCUT2D eigenvalue weighted by molar-refractivity contribution is 7.15. The molecule has 27 heavy (non-hydrogen) atoms. The van der Waals surface area contributed by atoms with Gasteiger partial charge in [0.15, 0.2) is 5.78 Å². The largest absolute Gasteiger partial charge is 0.493 e. The van der Waals surface area contributed by atoms with Gasteiger partial charge >= 0.3 is 0 Å². The highest BCUT2D eigenvalue weighted by Gasteiger charge is 2.11. The molecule has 6 nitrogen and oxygen atoms in total. The van der Waals surface area contributed by atoms with E-state index in [4.69, 9.17) is 4.74 Å². The van der Waals surface area contributed by atoms with Crippen molar-refractivity contribution in [1.82, 2.24) is 10.2 Å². The van der Waals surface area contributed by atoms with Gasteiger partial charge in [0.05, 0.1) is 6.61 Å². The molecule has 3 aromatic rings. The zero-order chi connectivity index (χ0) is 18.9. The van der Waals surface area contributed by atoms with Crippen LogP contribution in [0.15, 0.2) is 60.7 Å². The number of nitrogens with zero attached hydrogens (tertiary/aromatic N) is 2. The second kappa shape index (κ2) is 9.59. The lowest BCUT2D eigenvalue weighted by Crippen LogP contribution is -2.13. The summed E-state index contributed by atoms with van der Waals surface area (Å²) in [6, 6.07) is 18.5. The molecule has 3 rings (SSSR count). The Morgan fingerprint density at radius 1 is 0.926 bits per heavy atom. The Hall–Kier alpha value is -3.06. The molecular weight excluding hydrogens is 362 g/mol. The lowest BCUT2D eigenvalue weighted by molar-refractivity contribution is -0.116. The second-order valence-corrected chi connectivity index (χ2v) is 6.81. The van der Waals surface area contributed by atoms with Crippen LogP contribution < -0.4 is 10.1 Å². The number of rotatable bonds is 9. The van der Waals surface area contributed by atoms with Crippen molar-refractivity contribution in [2.24, 2.45) is 0 Å². The first-order valence-corrected chi connectivity index (χ1v) is 9.41. The minimum absolute atomic E-state index is 0.0539. The smallest absolute Gasteiger partial charge is 0.226 e. The van der Waals surface area contributed by atoms with Crippen molar-refractivity contribution in [3.8, 4) is 5.75 Å². The fourth-order valence-corrected chi connectivity index (χ4v) is 3.09. The summed E-state index contributed by atoms with van der Waals surface area (Å²) in [6.45, 7) is 0.484. The maximum absolute atomic E-state index is 12.0. The van der Waals surface area contributed by atoms with Crippen molar-refractivity contribution in [2.75, 3.05) is 11.9 Å². The number of hydrogen-bond acceptors (Lipinski definition) is 6. The third-order valence-corrected chi connectivity index (χ3v) is 4.61. The van der Waals surface area contributed by atoms with E-state index in [1.54, 1.807) is 24.3 Å². The van der Waals surface area contributed by atoms with Crippen LogP contribution in [0.3, 0.4) is 0 Å². The van der Waals surface area contributed by atoms with E-state index in [0.29, 0.717) is 23.7 Å². The summed E-state index contributed by atoms with van der Waals surface area (Å²) in [4.78, 5) is 24.0. The predicted octanol–water partition coefficient (Wildman–Crippen LogP) is 3.76. The molecule has 1 N–H and O–H groups in total. The first-order chi connectivity index (χ1) is 13.2. The zero-order valence-corrected chi connectivity index (χ0v) is 15.4. The Bertz CT molecular complexity index is 882. The minimum atomic E-state index is -0.248. The van der Waals surface area contributed by atoms with Crippen molar-refractivity contribution >= 4 is 28.2 Å². The van der Waals surface area contributed by atoms with E-state index < -0.39 is 0 Å². The van der Waals surface area contributed by atoms with Crippen LogP contribution in [0.1, 0.15) is 28.2 Å². The third kappa shape index (κ3) is 6.00. The fraction of sp³-hybridized carbons (Fsp3) is 0.200. The molecule has 0 saturated carbocycles. The molecular formula is C20H19N3O3S. The monoisotopic (exact) mass is 381 g/mol. The van der Waals surface area contributed by atoms with Gasteiger partial charge in [0.1, 0.15) is 10.8 Å². The fourth-order valence-electron chi connectivity index (χ4n) is 2.36. The van der Waals surface area contributed by atoms with Crippen LogP contribution in [0.5, 0.6) is 5.75 Å². The van der Waals surface area contributed by atoms with Gasteiger partial charge in [0.25, 0.3) is 0 Å². The Labute approximate surface area is 161 Å². The molecule has 2 aromatic carbocycles. The standard InChI is InChI=1S/C20H19N3O3S/c24-17(15-7-3-1-4-8-15)11-12-18(25)21-20-23-22-19(27-20)13-14-26-16-9-5-2-6-10-16/h1-10H,11-14H2,(H,21,23,25). The van der Waals surface area contributed by atoms with E-state index in [2.05, 4.69) is 15.5 Å². The van der Waals surface area contributed by atoms with Crippen LogP contribution in [0.25, 0.3) is 0 Å². The molecule has 0 atom stereocenters. The van der Waals surface area contributed by atoms with Crippen LogP contribution in [-0.2, 0) is 11.2 Å². The average Bonchev–Trinajstić information content (AvgIpc) is 3.14. The normalized spacial score (nSPS) is 10.4. The maximum atomic E-state index is 12.0. The molecule has 0 bridgehead atoms. The molecule has 0 radical (unpaired) electrons. The van der Waals surface area contributed by atoms with Crippen molar-refractivity contribution in [3.05, 3.63) is 71.2 Å². The topological polar surface area (TPSA) is 81.2 Å². The van der Waals surface area contributed by atoms with Crippen LogP contribution in [0, 0.1) is 0 Å². The summed E-state index contributed by atoms with van der Waals surface area (Å²) in [7, 11) is 0. The molecule has 0 fully saturated rings. The van der Waals surface area contributed by atoms with E-state index in [1.807, 2.05) is 36.4 Å². The quantitative estimate of drug-likeness (QED) is 0.571. The van der Waals surface area contributed by atoms with Crippen molar-refractivity contribution in [3.63, 3.8) is 0 Å². The summed E-state index contributed by atoms with van der Waals surface area (Å²) in [6.07, 6.45) is 0.876. The van der Waals surface area contributed by atoms with E-state index in [9.17, 15) is 9.59 Å². The number of Topliss-reactive ketones (excluding diaryl/α,β-unsaturated/α-hetero) is 1. The number of hydrogen-bond donors (Lipinski definition) is 1. The number of carbonyl (C=O) groups excluding carboxylic acids is 2. The molecule has 0 unspecified atom stereocenters. The van der Waals surface area contributed by atoms with Crippen molar-refractivity contribution < 1.29 is 14.3 Å². The number of para-hydroxylation sites is 1. The van der Waals surface area contributed by atoms with Crippen molar-refractivity contribution in [1.29, 1.82) is 0 Å². The van der Waals surface area contributed by atoms with Gasteiger partial charge in [-0.05, 0) is 12.1 Å². The number of benzene rings is 2. The molecule has 0 saturated heterocycles. The number of ether oxygens (including phenoxy) is 1. The Morgan fingerprint density at radius 2 is 1.63 bits per heavy atom. The van der Waals surface area contributed by atoms with Gasteiger partial charge in [-0.1, -0.05) is 59.9 Å². The minimum Gasteiger partial charge on any atom is -0.493 e. The van der Waals surface area contributed by atoms with E-state index in [-0.39, 0.29) is 24.5 Å². The SMILES string of the molecule is O=C(CCC(=O)c1ccccc1)Nc1nnc(CCOc2ccccc2)s1. The first kappa shape index (κ1) is 18.7. The van der Waals surface area contributed by atoms with E-state index in [1.165, 1.54) is 11.3 Å². The Kier molecular flexibility index (Phi) is 6.65. The number of ketones is 1. The first-order valence-electron chi connectivity index (χ1n) is 8.59.